The Morgan fingerprint density at radius 2 is 1.91 bits per heavy atom. The highest BCUT2D eigenvalue weighted by Crippen LogP contribution is 2.25. The largest absolute Gasteiger partial charge is 0.276 e. The molecule has 0 N–H and O–H groups in total. The lowest BCUT2D eigenvalue weighted by molar-refractivity contribution is -0.140. The van der Waals surface area contributed by atoms with Crippen LogP contribution in [0.5, 0.6) is 0 Å². The van der Waals surface area contributed by atoms with Gasteiger partial charge in [0.25, 0.3) is 0 Å². The van der Waals surface area contributed by atoms with Gasteiger partial charge in [0, 0.05) is 22.1 Å². The molecule has 2 amide bonds. The number of carbonyl (C=O) groups excluding carboxylic acids is 2. The maximum absolute atomic E-state index is 12.5. The van der Waals surface area contributed by atoms with E-state index in [9.17, 15) is 9.59 Å². The van der Waals surface area contributed by atoms with Crippen LogP contribution in [0.1, 0.15) is 24.1 Å². The molecule has 1 saturated heterocycles. The molecule has 3 rings (SSSR count). The standard InChI is InChI=1S/C18H17IN2O2/c19-15-8-5-13(6-9-15)4-7-14-11-17(22)21(18(14)23)12-16-3-1-2-10-20-16/h1-3,5-6,8-10,14H,4,7,11-12H2. The summed E-state index contributed by atoms with van der Waals surface area (Å²) in [5.41, 5.74) is 1.95. The smallest absolute Gasteiger partial charge is 0.233 e. The van der Waals surface area contributed by atoms with E-state index in [-0.39, 0.29) is 24.3 Å². The van der Waals surface area contributed by atoms with E-state index in [0.29, 0.717) is 12.8 Å². The number of carbonyl (C=O) groups is 2. The van der Waals surface area contributed by atoms with Crippen LogP contribution in [0.3, 0.4) is 0 Å². The second-order valence-corrected chi connectivity index (χ2v) is 6.95. The van der Waals surface area contributed by atoms with Crippen molar-refractivity contribution in [3.63, 3.8) is 0 Å². The number of benzene rings is 1. The highest BCUT2D eigenvalue weighted by Gasteiger charge is 2.38. The highest BCUT2D eigenvalue weighted by atomic mass is 127. The molecule has 2 heterocycles. The van der Waals surface area contributed by atoms with Crippen molar-refractivity contribution >= 4 is 34.4 Å². The van der Waals surface area contributed by atoms with Crippen molar-refractivity contribution in [1.29, 1.82) is 0 Å². The molecule has 0 radical (unpaired) electrons. The summed E-state index contributed by atoms with van der Waals surface area (Å²) in [5.74, 6) is -0.357. The monoisotopic (exact) mass is 420 g/mol. The molecule has 2 aromatic rings. The molecule has 0 aliphatic carbocycles. The van der Waals surface area contributed by atoms with Crippen molar-refractivity contribution in [2.24, 2.45) is 5.92 Å². The number of nitrogens with zero attached hydrogens (tertiary/aromatic N) is 2. The average molecular weight is 420 g/mol. The van der Waals surface area contributed by atoms with E-state index in [1.54, 1.807) is 6.20 Å². The summed E-state index contributed by atoms with van der Waals surface area (Å²) in [6.45, 7) is 0.276. The Bertz CT molecular complexity index is 701. The van der Waals surface area contributed by atoms with Gasteiger partial charge in [0.2, 0.25) is 11.8 Å². The fraction of sp³-hybridized carbons (Fsp3) is 0.278. The van der Waals surface area contributed by atoms with Gasteiger partial charge in [0.1, 0.15) is 0 Å². The maximum Gasteiger partial charge on any atom is 0.233 e. The molecule has 23 heavy (non-hydrogen) atoms. The predicted octanol–water partition coefficient (Wildman–Crippen LogP) is 3.19. The van der Waals surface area contributed by atoms with Gasteiger partial charge in [-0.3, -0.25) is 19.5 Å². The van der Waals surface area contributed by atoms with Crippen LogP contribution >= 0.6 is 22.6 Å². The molecule has 1 aromatic heterocycles. The van der Waals surface area contributed by atoms with E-state index in [1.807, 2.05) is 18.2 Å². The van der Waals surface area contributed by atoms with Crippen molar-refractivity contribution in [1.82, 2.24) is 9.88 Å². The maximum atomic E-state index is 12.5. The van der Waals surface area contributed by atoms with Crippen LogP contribution < -0.4 is 0 Å². The molecule has 1 atom stereocenters. The molecule has 1 fully saturated rings. The Labute approximate surface area is 149 Å². The Morgan fingerprint density at radius 3 is 2.61 bits per heavy atom. The van der Waals surface area contributed by atoms with Gasteiger partial charge in [0.05, 0.1) is 12.2 Å². The van der Waals surface area contributed by atoms with E-state index in [0.717, 1.165) is 12.1 Å². The summed E-state index contributed by atoms with van der Waals surface area (Å²) >= 11 is 2.27. The number of pyridine rings is 1. The SMILES string of the molecule is O=C1CC(CCc2ccc(I)cc2)C(=O)N1Cc1ccccn1. The number of hydrogen-bond acceptors (Lipinski definition) is 3. The van der Waals surface area contributed by atoms with E-state index in [2.05, 4.69) is 51.8 Å². The number of imide groups is 1. The fourth-order valence-corrected chi connectivity index (χ4v) is 3.15. The van der Waals surface area contributed by atoms with Gasteiger partial charge in [-0.15, -0.1) is 0 Å². The summed E-state index contributed by atoms with van der Waals surface area (Å²) < 4.78 is 1.19. The summed E-state index contributed by atoms with van der Waals surface area (Å²) in [6.07, 6.45) is 3.52. The first kappa shape index (κ1) is 16.1. The Kier molecular flexibility index (Phi) is 5.05. The Balaban J connectivity index is 1.60. The predicted molar refractivity (Wildman–Crippen MR) is 95.4 cm³/mol. The second-order valence-electron chi connectivity index (χ2n) is 5.71. The molecule has 1 aromatic carbocycles. The Morgan fingerprint density at radius 1 is 1.13 bits per heavy atom. The zero-order chi connectivity index (χ0) is 16.2. The number of likely N-dealkylation sites (tertiary alicyclic amines) is 1. The van der Waals surface area contributed by atoms with Gasteiger partial charge >= 0.3 is 0 Å². The highest BCUT2D eigenvalue weighted by molar-refractivity contribution is 14.1. The molecule has 4 nitrogen and oxygen atoms in total. The molecule has 0 bridgehead atoms. The van der Waals surface area contributed by atoms with Gasteiger partial charge in [-0.1, -0.05) is 18.2 Å². The third kappa shape index (κ3) is 3.96. The van der Waals surface area contributed by atoms with Crippen molar-refractivity contribution in [2.75, 3.05) is 0 Å². The summed E-state index contributed by atoms with van der Waals surface area (Å²) in [5, 5.41) is 0. The van der Waals surface area contributed by atoms with Crippen LogP contribution in [0.25, 0.3) is 0 Å². The number of rotatable bonds is 5. The summed E-state index contributed by atoms with van der Waals surface area (Å²) in [6, 6.07) is 13.8. The number of aryl methyl sites for hydroxylation is 1. The first-order chi connectivity index (χ1) is 11.1. The minimum atomic E-state index is -0.203. The third-order valence-electron chi connectivity index (χ3n) is 4.08. The Hall–Kier alpha value is -1.76. The van der Waals surface area contributed by atoms with Gasteiger partial charge in [-0.05, 0) is 65.3 Å². The van der Waals surface area contributed by atoms with Crippen LogP contribution in [0.4, 0.5) is 0 Å². The van der Waals surface area contributed by atoms with Crippen LogP contribution in [0.2, 0.25) is 0 Å². The average Bonchev–Trinajstić information content (AvgIpc) is 2.83. The van der Waals surface area contributed by atoms with Crippen LogP contribution in [-0.2, 0) is 22.6 Å². The van der Waals surface area contributed by atoms with Crippen LogP contribution in [0, 0.1) is 9.49 Å². The first-order valence-corrected chi connectivity index (χ1v) is 8.70. The number of aromatic nitrogens is 1. The lowest BCUT2D eigenvalue weighted by Crippen LogP contribution is -2.30. The first-order valence-electron chi connectivity index (χ1n) is 7.62. The quantitative estimate of drug-likeness (QED) is 0.552. The van der Waals surface area contributed by atoms with Gasteiger partial charge in [-0.2, -0.15) is 0 Å². The minimum Gasteiger partial charge on any atom is -0.276 e. The molecular formula is C18H17IN2O2. The van der Waals surface area contributed by atoms with E-state index >= 15 is 0 Å². The number of hydrogen-bond donors (Lipinski definition) is 0. The normalized spacial score (nSPS) is 17.8. The lowest BCUT2D eigenvalue weighted by atomic mass is 9.98. The van der Waals surface area contributed by atoms with Crippen molar-refractivity contribution in [2.45, 2.75) is 25.8 Å². The molecule has 5 heteroatoms. The van der Waals surface area contributed by atoms with Gasteiger partial charge in [0.15, 0.2) is 0 Å². The van der Waals surface area contributed by atoms with Crippen molar-refractivity contribution < 1.29 is 9.59 Å². The fourth-order valence-electron chi connectivity index (χ4n) is 2.79. The molecule has 1 unspecified atom stereocenters. The van der Waals surface area contributed by atoms with E-state index in [4.69, 9.17) is 0 Å². The summed E-state index contributed by atoms with van der Waals surface area (Å²) in [7, 11) is 0. The van der Waals surface area contributed by atoms with Gasteiger partial charge in [-0.25, -0.2) is 0 Å². The number of halogens is 1. The topological polar surface area (TPSA) is 50.3 Å². The molecule has 0 spiro atoms. The lowest BCUT2D eigenvalue weighted by Gasteiger charge is -2.14. The number of amides is 2. The van der Waals surface area contributed by atoms with E-state index in [1.165, 1.54) is 14.0 Å². The summed E-state index contributed by atoms with van der Waals surface area (Å²) in [4.78, 5) is 30.1. The van der Waals surface area contributed by atoms with Gasteiger partial charge < -0.3 is 0 Å². The molecule has 1 aliphatic heterocycles. The van der Waals surface area contributed by atoms with Crippen molar-refractivity contribution in [3.8, 4) is 0 Å². The van der Waals surface area contributed by atoms with Crippen molar-refractivity contribution in [3.05, 3.63) is 63.5 Å². The zero-order valence-corrected chi connectivity index (χ0v) is 14.8. The third-order valence-corrected chi connectivity index (χ3v) is 4.80. The zero-order valence-electron chi connectivity index (χ0n) is 12.6. The van der Waals surface area contributed by atoms with E-state index < -0.39 is 0 Å². The minimum absolute atomic E-state index is 0.0637. The molecule has 1 aliphatic rings. The van der Waals surface area contributed by atoms with Crippen LogP contribution in [0.15, 0.2) is 48.7 Å². The molecule has 118 valence electrons. The van der Waals surface area contributed by atoms with Crippen LogP contribution in [-0.4, -0.2) is 21.7 Å². The second kappa shape index (κ2) is 7.21. The molecular weight excluding hydrogens is 403 g/mol. The molecule has 0 saturated carbocycles.